The SMILES string of the molecule is C=CCc1cc(/C=N/NC(=O)c2cc3ccccc3o2)ccc1OCC#N. The zero-order chi connectivity index (χ0) is 19.1. The predicted molar refractivity (Wildman–Crippen MR) is 103 cm³/mol. The lowest BCUT2D eigenvalue weighted by Crippen LogP contribution is -2.16. The number of benzene rings is 2. The van der Waals surface area contributed by atoms with Crippen LogP contribution in [-0.4, -0.2) is 18.7 Å². The van der Waals surface area contributed by atoms with E-state index in [1.807, 2.05) is 30.3 Å². The summed E-state index contributed by atoms with van der Waals surface area (Å²) in [6.45, 7) is 3.70. The lowest BCUT2D eigenvalue weighted by atomic mass is 10.1. The highest BCUT2D eigenvalue weighted by Crippen LogP contribution is 2.21. The van der Waals surface area contributed by atoms with Gasteiger partial charge in [-0.05, 0) is 47.9 Å². The lowest BCUT2D eigenvalue weighted by Gasteiger charge is -2.08. The molecule has 3 rings (SSSR count). The van der Waals surface area contributed by atoms with Crippen LogP contribution in [0.2, 0.25) is 0 Å². The number of amides is 1. The van der Waals surface area contributed by atoms with Gasteiger partial charge in [0.15, 0.2) is 12.4 Å². The van der Waals surface area contributed by atoms with Crippen molar-refractivity contribution in [3.63, 3.8) is 0 Å². The fourth-order valence-electron chi connectivity index (χ4n) is 2.56. The molecule has 0 radical (unpaired) electrons. The summed E-state index contributed by atoms with van der Waals surface area (Å²) in [5.41, 5.74) is 4.76. The highest BCUT2D eigenvalue weighted by molar-refractivity contribution is 5.96. The van der Waals surface area contributed by atoms with Gasteiger partial charge < -0.3 is 9.15 Å². The first-order valence-electron chi connectivity index (χ1n) is 8.27. The van der Waals surface area contributed by atoms with Gasteiger partial charge in [0.1, 0.15) is 17.4 Å². The maximum absolute atomic E-state index is 12.2. The first-order chi connectivity index (χ1) is 13.2. The standard InChI is InChI=1S/C21H17N3O3/c1-2-5-16-12-15(8-9-18(16)26-11-10-22)14-23-24-21(25)20-13-17-6-3-4-7-19(17)27-20/h2-4,6-9,12-14H,1,5,11H2,(H,24,25)/b23-14+. The molecule has 2 aromatic carbocycles. The van der Waals surface area contributed by atoms with Crippen molar-refractivity contribution in [3.8, 4) is 11.8 Å². The minimum absolute atomic E-state index is 0.0227. The third kappa shape index (κ3) is 4.41. The van der Waals surface area contributed by atoms with Gasteiger partial charge in [0.05, 0.1) is 6.21 Å². The van der Waals surface area contributed by atoms with Crippen molar-refractivity contribution >= 4 is 23.1 Å². The molecule has 1 amide bonds. The Kier molecular flexibility index (Phi) is 5.65. The van der Waals surface area contributed by atoms with Gasteiger partial charge in [-0.2, -0.15) is 10.4 Å². The van der Waals surface area contributed by atoms with Crippen molar-refractivity contribution in [1.29, 1.82) is 5.26 Å². The molecule has 3 aromatic rings. The third-order valence-electron chi connectivity index (χ3n) is 3.77. The molecule has 6 heteroatoms. The number of nitrogens with one attached hydrogen (secondary N) is 1. The monoisotopic (exact) mass is 359 g/mol. The molecule has 1 N–H and O–H groups in total. The number of para-hydroxylation sites is 1. The van der Waals surface area contributed by atoms with Gasteiger partial charge >= 0.3 is 5.91 Å². The van der Waals surface area contributed by atoms with Crippen molar-refractivity contribution in [2.24, 2.45) is 5.10 Å². The molecule has 1 heterocycles. The van der Waals surface area contributed by atoms with E-state index in [1.165, 1.54) is 6.21 Å². The molecule has 6 nitrogen and oxygen atoms in total. The van der Waals surface area contributed by atoms with Crippen LogP contribution in [0.5, 0.6) is 5.75 Å². The Balaban J connectivity index is 1.69. The molecule has 27 heavy (non-hydrogen) atoms. The van der Waals surface area contributed by atoms with Crippen LogP contribution in [0.25, 0.3) is 11.0 Å². The second-order valence-corrected chi connectivity index (χ2v) is 5.65. The molecule has 0 saturated heterocycles. The first kappa shape index (κ1) is 18.0. The van der Waals surface area contributed by atoms with E-state index in [-0.39, 0.29) is 12.4 Å². The van der Waals surface area contributed by atoms with Crippen molar-refractivity contribution in [1.82, 2.24) is 5.43 Å². The van der Waals surface area contributed by atoms with Crippen LogP contribution in [0.15, 0.2) is 70.7 Å². The summed E-state index contributed by atoms with van der Waals surface area (Å²) in [6, 6.07) is 16.4. The summed E-state index contributed by atoms with van der Waals surface area (Å²) in [5, 5.41) is 13.5. The highest BCUT2D eigenvalue weighted by atomic mass is 16.5. The molecule has 134 valence electrons. The minimum atomic E-state index is -0.428. The van der Waals surface area contributed by atoms with Gasteiger partial charge in [0.2, 0.25) is 0 Å². The second kappa shape index (κ2) is 8.50. The average molecular weight is 359 g/mol. The maximum Gasteiger partial charge on any atom is 0.307 e. The van der Waals surface area contributed by atoms with Crippen LogP contribution in [0.4, 0.5) is 0 Å². The minimum Gasteiger partial charge on any atom is -0.478 e. The van der Waals surface area contributed by atoms with Crippen LogP contribution in [-0.2, 0) is 6.42 Å². The molecular formula is C21H17N3O3. The fraction of sp³-hybridized carbons (Fsp3) is 0.0952. The highest BCUT2D eigenvalue weighted by Gasteiger charge is 2.11. The van der Waals surface area contributed by atoms with E-state index in [0.717, 1.165) is 16.5 Å². The number of nitrogens with zero attached hydrogens (tertiary/aromatic N) is 2. The number of nitriles is 1. The van der Waals surface area contributed by atoms with Crippen molar-refractivity contribution in [2.75, 3.05) is 6.61 Å². The van der Waals surface area contributed by atoms with E-state index < -0.39 is 5.91 Å². The van der Waals surface area contributed by atoms with E-state index in [9.17, 15) is 4.79 Å². The summed E-state index contributed by atoms with van der Waals surface area (Å²) in [4.78, 5) is 12.2. The quantitative estimate of drug-likeness (QED) is 0.394. The molecule has 0 unspecified atom stereocenters. The number of rotatable bonds is 7. The second-order valence-electron chi connectivity index (χ2n) is 5.65. The largest absolute Gasteiger partial charge is 0.478 e. The van der Waals surface area contributed by atoms with Crippen molar-refractivity contribution < 1.29 is 13.9 Å². The first-order valence-corrected chi connectivity index (χ1v) is 8.27. The number of furan rings is 1. The summed E-state index contributed by atoms with van der Waals surface area (Å²) in [5.74, 6) is 0.392. The molecule has 0 aliphatic carbocycles. The molecule has 0 aliphatic heterocycles. The zero-order valence-corrected chi connectivity index (χ0v) is 14.5. The van der Waals surface area contributed by atoms with E-state index in [0.29, 0.717) is 17.8 Å². The number of hydrazone groups is 1. The number of carbonyl (C=O) groups excluding carboxylic acids is 1. The van der Waals surface area contributed by atoms with Gasteiger partial charge in [-0.25, -0.2) is 5.43 Å². The predicted octanol–water partition coefficient (Wildman–Crippen LogP) is 3.83. The molecular weight excluding hydrogens is 342 g/mol. The molecule has 0 aliphatic rings. The fourth-order valence-corrected chi connectivity index (χ4v) is 2.56. The van der Waals surface area contributed by atoms with Crippen molar-refractivity contribution in [2.45, 2.75) is 6.42 Å². The summed E-state index contributed by atoms with van der Waals surface area (Å²) < 4.78 is 10.9. The molecule has 0 saturated carbocycles. The lowest BCUT2D eigenvalue weighted by molar-refractivity contribution is 0.0929. The smallest absolute Gasteiger partial charge is 0.307 e. The summed E-state index contributed by atoms with van der Waals surface area (Å²) in [6.07, 6.45) is 3.87. The molecule has 0 atom stereocenters. The Morgan fingerprint density at radius 1 is 1.30 bits per heavy atom. The maximum atomic E-state index is 12.2. The van der Waals surface area contributed by atoms with Crippen LogP contribution in [0.3, 0.4) is 0 Å². The van der Waals surface area contributed by atoms with E-state index in [2.05, 4.69) is 17.1 Å². The van der Waals surface area contributed by atoms with Gasteiger partial charge in [-0.1, -0.05) is 24.3 Å². The average Bonchev–Trinajstić information content (AvgIpc) is 3.12. The topological polar surface area (TPSA) is 87.6 Å². The molecule has 0 bridgehead atoms. The number of hydrogen-bond donors (Lipinski definition) is 1. The summed E-state index contributed by atoms with van der Waals surface area (Å²) >= 11 is 0. The number of carbonyl (C=O) groups is 1. The van der Waals surface area contributed by atoms with Gasteiger partial charge in [0, 0.05) is 5.39 Å². The Morgan fingerprint density at radius 2 is 2.15 bits per heavy atom. The summed E-state index contributed by atoms with van der Waals surface area (Å²) in [7, 11) is 0. The number of hydrogen-bond acceptors (Lipinski definition) is 5. The van der Waals surface area contributed by atoms with Gasteiger partial charge in [0.25, 0.3) is 0 Å². The zero-order valence-electron chi connectivity index (χ0n) is 14.5. The van der Waals surface area contributed by atoms with Crippen LogP contribution in [0, 0.1) is 11.3 Å². The third-order valence-corrected chi connectivity index (χ3v) is 3.77. The van der Waals surface area contributed by atoms with E-state index >= 15 is 0 Å². The molecule has 0 spiro atoms. The Bertz CT molecular complexity index is 1010. The van der Waals surface area contributed by atoms with Gasteiger partial charge in [-0.15, -0.1) is 6.58 Å². The van der Waals surface area contributed by atoms with Crippen molar-refractivity contribution in [3.05, 3.63) is 78.1 Å². The van der Waals surface area contributed by atoms with Crippen LogP contribution in [0.1, 0.15) is 21.7 Å². The van der Waals surface area contributed by atoms with Crippen LogP contribution < -0.4 is 10.2 Å². The normalized spacial score (nSPS) is 10.6. The van der Waals surface area contributed by atoms with E-state index in [1.54, 1.807) is 30.3 Å². The van der Waals surface area contributed by atoms with Gasteiger partial charge in [-0.3, -0.25) is 4.79 Å². The van der Waals surface area contributed by atoms with Crippen LogP contribution >= 0.6 is 0 Å². The Morgan fingerprint density at radius 3 is 2.93 bits per heavy atom. The number of allylic oxidation sites excluding steroid dienone is 1. The number of fused-ring (bicyclic) bond motifs is 1. The number of ether oxygens (including phenoxy) is 1. The molecule has 0 fully saturated rings. The Labute approximate surface area is 156 Å². The van der Waals surface area contributed by atoms with E-state index in [4.69, 9.17) is 14.4 Å². The molecule has 1 aromatic heterocycles. The Hall–Kier alpha value is -3.85.